The maximum atomic E-state index is 7.01. The van der Waals surface area contributed by atoms with E-state index in [-0.39, 0.29) is 0 Å². The number of rotatable bonds is 13. The molecule has 0 spiro atoms. The molecule has 0 aliphatic heterocycles. The number of hydrogen-bond acceptors (Lipinski definition) is 6. The fourth-order valence-electron chi connectivity index (χ4n) is 6.18. The summed E-state index contributed by atoms with van der Waals surface area (Å²) >= 11 is 0. The van der Waals surface area contributed by atoms with Crippen molar-refractivity contribution in [3.8, 4) is 45.6 Å². The first kappa shape index (κ1) is 38.7. The highest BCUT2D eigenvalue weighted by molar-refractivity contribution is 7.43. The minimum Gasteiger partial charge on any atom is -0.408 e. The van der Waals surface area contributed by atoms with Gasteiger partial charge < -0.3 is 27.1 Å². The van der Waals surface area contributed by atoms with Gasteiger partial charge in [-0.2, -0.15) is 0 Å². The quantitative estimate of drug-likeness (QED) is 0.109. The fraction of sp³-hybridized carbons (Fsp3) is 0.217. The lowest BCUT2D eigenvalue weighted by Crippen LogP contribution is -2.09. The molecule has 0 unspecified atom stereocenters. The Bertz CT molecular complexity index is 2030. The second kappa shape index (κ2) is 17.0. The van der Waals surface area contributed by atoms with Crippen molar-refractivity contribution in [3.63, 3.8) is 0 Å². The van der Waals surface area contributed by atoms with Gasteiger partial charge in [0.15, 0.2) is 0 Å². The first-order valence-electron chi connectivity index (χ1n) is 18.0. The molecule has 8 heteroatoms. The van der Waals surface area contributed by atoms with Gasteiger partial charge in [0, 0.05) is 11.1 Å². The molecule has 0 amide bonds. The third-order valence-electron chi connectivity index (χ3n) is 9.62. The average molecular weight is 759 g/mol. The van der Waals surface area contributed by atoms with Gasteiger partial charge in [0.2, 0.25) is 0 Å². The summed E-state index contributed by atoms with van der Waals surface area (Å²) in [5, 5.41) is 0. The van der Waals surface area contributed by atoms with Gasteiger partial charge in [0.05, 0.1) is 0 Å². The van der Waals surface area contributed by atoms with Crippen molar-refractivity contribution in [3.05, 3.63) is 165 Å². The van der Waals surface area contributed by atoms with E-state index in [0.717, 1.165) is 66.8 Å². The first-order chi connectivity index (χ1) is 25.9. The summed E-state index contributed by atoms with van der Waals surface area (Å²) < 4.78 is 40.4. The smallest absolute Gasteiger partial charge is 0.408 e. The molecule has 0 N–H and O–H groups in total. The number of para-hydroxylation sites is 4. The molecular weight excluding hydrogens is 710 g/mol. The first-order valence-corrected chi connectivity index (χ1v) is 20.2. The third kappa shape index (κ3) is 8.68. The lowest BCUT2D eigenvalue weighted by molar-refractivity contribution is 0.382. The van der Waals surface area contributed by atoms with Crippen LogP contribution in [0.1, 0.15) is 55.6 Å². The van der Waals surface area contributed by atoms with Crippen molar-refractivity contribution in [1.82, 2.24) is 0 Å². The summed E-state index contributed by atoms with van der Waals surface area (Å²) in [6, 6.07) is 35.9. The van der Waals surface area contributed by atoms with Gasteiger partial charge in [-0.05, 0) is 149 Å². The maximum absolute atomic E-state index is 7.01. The molecule has 0 aliphatic rings. The van der Waals surface area contributed by atoms with E-state index in [9.17, 15) is 0 Å². The van der Waals surface area contributed by atoms with Crippen LogP contribution in [0.25, 0.3) is 11.1 Å². The molecule has 0 aromatic heterocycles. The second-order valence-corrected chi connectivity index (χ2v) is 15.7. The van der Waals surface area contributed by atoms with E-state index in [1.807, 2.05) is 125 Å². The van der Waals surface area contributed by atoms with E-state index in [2.05, 4.69) is 53.7 Å². The van der Waals surface area contributed by atoms with E-state index >= 15 is 0 Å². The highest BCUT2D eigenvalue weighted by Gasteiger charge is 2.31. The summed E-state index contributed by atoms with van der Waals surface area (Å²) in [6.45, 7) is 20.7. The highest BCUT2D eigenvalue weighted by Crippen LogP contribution is 2.54. The molecule has 6 aromatic carbocycles. The maximum Gasteiger partial charge on any atom is 0.530 e. The van der Waals surface area contributed by atoms with Crippen LogP contribution in [0.3, 0.4) is 0 Å². The molecule has 0 radical (unpaired) electrons. The number of hydrogen-bond donors (Lipinski definition) is 0. The Hall–Kier alpha value is -5.02. The van der Waals surface area contributed by atoms with Crippen LogP contribution in [0.2, 0.25) is 0 Å². The molecule has 0 saturated heterocycles. The van der Waals surface area contributed by atoms with Crippen LogP contribution in [0.15, 0.2) is 109 Å². The number of aryl methyl sites for hydroxylation is 8. The standard InChI is InChI=1S/C46H48O6P2/c1-29-19-11-15-23-39(29)47-53(48-40-24-16-12-20-30(40)2)51-45-35(7)27-33(5)37(9)43(45)44-38(10)34(6)28-36(8)46(44)52-54(49-41-25-17-13-21-31(41)3)50-42-26-18-14-22-32(42)4/h11-28H,1-10H3. The van der Waals surface area contributed by atoms with Crippen LogP contribution in [0, 0.1) is 69.2 Å². The Labute approximate surface area is 323 Å². The molecule has 0 saturated carbocycles. The highest BCUT2D eigenvalue weighted by atomic mass is 31.2. The Morgan fingerprint density at radius 3 is 0.815 bits per heavy atom. The predicted molar refractivity (Wildman–Crippen MR) is 223 cm³/mol. The minimum atomic E-state index is -1.98. The van der Waals surface area contributed by atoms with Crippen LogP contribution < -0.4 is 27.1 Å². The molecular formula is C46H48O6P2. The van der Waals surface area contributed by atoms with Gasteiger partial charge in [-0.3, -0.25) is 0 Å². The average Bonchev–Trinajstić information content (AvgIpc) is 3.14. The van der Waals surface area contributed by atoms with Crippen LogP contribution >= 0.6 is 17.2 Å². The van der Waals surface area contributed by atoms with Crippen LogP contribution in [0.4, 0.5) is 0 Å². The summed E-state index contributed by atoms with van der Waals surface area (Å²) in [5.74, 6) is 4.10. The van der Waals surface area contributed by atoms with Gasteiger partial charge in [-0.1, -0.05) is 84.9 Å². The molecule has 0 bridgehead atoms. The largest absolute Gasteiger partial charge is 0.530 e. The predicted octanol–water partition coefficient (Wildman–Crippen LogP) is 14.0. The molecule has 6 aromatic rings. The van der Waals surface area contributed by atoms with Gasteiger partial charge in [0.25, 0.3) is 0 Å². The van der Waals surface area contributed by atoms with Crippen molar-refractivity contribution in [2.75, 3.05) is 0 Å². The molecule has 54 heavy (non-hydrogen) atoms. The Morgan fingerprint density at radius 2 is 0.556 bits per heavy atom. The van der Waals surface area contributed by atoms with Crippen LogP contribution in [-0.2, 0) is 0 Å². The molecule has 0 heterocycles. The summed E-state index contributed by atoms with van der Waals surface area (Å²) in [4.78, 5) is 0. The summed E-state index contributed by atoms with van der Waals surface area (Å²) in [6.07, 6.45) is 0. The van der Waals surface area contributed by atoms with Gasteiger partial charge in [-0.15, -0.1) is 0 Å². The molecule has 0 aliphatic carbocycles. The zero-order valence-electron chi connectivity index (χ0n) is 32.7. The van der Waals surface area contributed by atoms with Crippen molar-refractivity contribution in [2.45, 2.75) is 69.2 Å². The van der Waals surface area contributed by atoms with Crippen LogP contribution in [0.5, 0.6) is 34.5 Å². The summed E-state index contributed by atoms with van der Waals surface area (Å²) in [7, 11) is -3.96. The van der Waals surface area contributed by atoms with Crippen LogP contribution in [-0.4, -0.2) is 0 Å². The molecule has 6 rings (SSSR count). The molecule has 0 fully saturated rings. The fourth-order valence-corrected chi connectivity index (χ4v) is 8.64. The lowest BCUT2D eigenvalue weighted by atomic mass is 9.87. The Kier molecular flexibility index (Phi) is 12.2. The molecule has 278 valence electrons. The van der Waals surface area contributed by atoms with E-state index in [1.54, 1.807) is 0 Å². The molecule has 6 nitrogen and oxygen atoms in total. The normalized spacial score (nSPS) is 11.1. The molecule has 0 atom stereocenters. The Balaban J connectivity index is 1.50. The topological polar surface area (TPSA) is 55.4 Å². The van der Waals surface area contributed by atoms with Crippen molar-refractivity contribution in [2.24, 2.45) is 0 Å². The zero-order chi connectivity index (χ0) is 38.5. The summed E-state index contributed by atoms with van der Waals surface area (Å²) in [5.41, 5.74) is 12.0. The van der Waals surface area contributed by atoms with Gasteiger partial charge in [-0.25, -0.2) is 0 Å². The third-order valence-corrected chi connectivity index (χ3v) is 11.7. The van der Waals surface area contributed by atoms with Crippen molar-refractivity contribution < 1.29 is 27.1 Å². The van der Waals surface area contributed by atoms with Crippen molar-refractivity contribution in [1.29, 1.82) is 0 Å². The SMILES string of the molecule is Cc1ccccc1OP(Oc1ccccc1C)Oc1c(C)cc(C)c(C)c1-c1c(C)c(C)cc(C)c1OP(Oc1ccccc1C)Oc1ccccc1C. The van der Waals surface area contributed by atoms with E-state index in [4.69, 9.17) is 27.1 Å². The zero-order valence-corrected chi connectivity index (χ0v) is 34.5. The van der Waals surface area contributed by atoms with E-state index in [1.165, 1.54) is 0 Å². The lowest BCUT2D eigenvalue weighted by Gasteiger charge is -2.27. The van der Waals surface area contributed by atoms with Gasteiger partial charge >= 0.3 is 17.2 Å². The van der Waals surface area contributed by atoms with Crippen molar-refractivity contribution >= 4 is 17.2 Å². The monoisotopic (exact) mass is 758 g/mol. The van der Waals surface area contributed by atoms with E-state index < -0.39 is 17.2 Å². The second-order valence-electron chi connectivity index (χ2n) is 13.7. The van der Waals surface area contributed by atoms with E-state index in [0.29, 0.717) is 34.5 Å². The number of benzene rings is 6. The minimum absolute atomic E-state index is 0.660. The van der Waals surface area contributed by atoms with Gasteiger partial charge in [0.1, 0.15) is 34.5 Å². The Morgan fingerprint density at radius 1 is 0.296 bits per heavy atom.